The molecule has 2 fully saturated rings. The van der Waals surface area contributed by atoms with E-state index in [1.165, 1.54) is 0 Å². The minimum atomic E-state index is -1.02. The van der Waals surface area contributed by atoms with E-state index in [9.17, 15) is 19.5 Å². The molecule has 0 radical (unpaired) electrons. The molecule has 2 heterocycles. The molecule has 4 unspecified atom stereocenters. The number of ether oxygens (including phenoxy) is 3. The van der Waals surface area contributed by atoms with E-state index < -0.39 is 42.1 Å². The third-order valence-electron chi connectivity index (χ3n) is 6.72. The predicted molar refractivity (Wildman–Crippen MR) is 120 cm³/mol. The number of carboxylic acids is 1. The number of rotatable bonds is 6. The number of benzene rings is 2. The average molecular weight is 466 g/mol. The molecule has 0 bridgehead atoms. The summed E-state index contributed by atoms with van der Waals surface area (Å²) in [6.45, 7) is 0.646. The fraction of sp³-hybridized carbons (Fsp3) is 0.400. The van der Waals surface area contributed by atoms with Gasteiger partial charge in [0.2, 0.25) is 0 Å². The van der Waals surface area contributed by atoms with E-state index in [4.69, 9.17) is 14.2 Å². The van der Waals surface area contributed by atoms with Gasteiger partial charge in [-0.15, -0.1) is 0 Å². The van der Waals surface area contributed by atoms with Gasteiger partial charge in [-0.3, -0.25) is 9.59 Å². The van der Waals surface area contributed by atoms with Crippen LogP contribution in [0.3, 0.4) is 0 Å². The Hall–Kier alpha value is -3.43. The molecule has 2 saturated heterocycles. The van der Waals surface area contributed by atoms with Crippen molar-refractivity contribution in [3.05, 3.63) is 59.7 Å². The zero-order valence-corrected chi connectivity index (χ0v) is 18.4. The van der Waals surface area contributed by atoms with Crippen molar-refractivity contribution in [2.75, 3.05) is 26.4 Å². The van der Waals surface area contributed by atoms with E-state index in [0.29, 0.717) is 13.0 Å². The molecule has 0 aromatic heterocycles. The van der Waals surface area contributed by atoms with Gasteiger partial charge in [0, 0.05) is 12.5 Å². The topological polar surface area (TPSA) is 123 Å². The molecular formula is C25H26N2O7. The van der Waals surface area contributed by atoms with Crippen LogP contribution in [0.25, 0.3) is 11.1 Å². The molecule has 3 N–H and O–H groups in total. The Kier molecular flexibility index (Phi) is 6.21. The number of carboxylic acid groups (broad SMARTS) is 1. The van der Waals surface area contributed by atoms with Gasteiger partial charge in [0.05, 0.1) is 25.3 Å². The summed E-state index contributed by atoms with van der Waals surface area (Å²) in [5, 5.41) is 14.7. The van der Waals surface area contributed by atoms with Crippen LogP contribution >= 0.6 is 0 Å². The third kappa shape index (κ3) is 4.24. The summed E-state index contributed by atoms with van der Waals surface area (Å²) in [6, 6.07) is 15.0. The van der Waals surface area contributed by atoms with Crippen molar-refractivity contribution in [1.82, 2.24) is 10.6 Å². The maximum atomic E-state index is 12.7. The van der Waals surface area contributed by atoms with Gasteiger partial charge in [-0.05, 0) is 28.7 Å². The summed E-state index contributed by atoms with van der Waals surface area (Å²) >= 11 is 0. The standard InChI is InChI=1S/C25H26N2O7/c28-23(26-21-13-32-11-19(21)24(29)30)22-20(9-10-33-22)27-25(31)34-12-18-16-7-3-1-5-14(16)15-6-2-4-8-17(15)18/h1-8,18-22H,9-13H2,(H,26,28)(H,27,31)(H,29,30). The largest absolute Gasteiger partial charge is 0.481 e. The summed E-state index contributed by atoms with van der Waals surface area (Å²) in [5.74, 6) is -2.36. The molecule has 2 aromatic carbocycles. The second kappa shape index (κ2) is 9.44. The van der Waals surface area contributed by atoms with Gasteiger partial charge in [0.15, 0.2) is 6.10 Å². The molecule has 2 aromatic rings. The second-order valence-electron chi connectivity index (χ2n) is 8.75. The Bertz CT molecular complexity index is 1060. The monoisotopic (exact) mass is 466 g/mol. The Morgan fingerprint density at radius 3 is 2.29 bits per heavy atom. The van der Waals surface area contributed by atoms with E-state index in [1.54, 1.807) is 0 Å². The number of hydrogen-bond donors (Lipinski definition) is 3. The minimum Gasteiger partial charge on any atom is -0.481 e. The van der Waals surface area contributed by atoms with E-state index in [0.717, 1.165) is 22.3 Å². The Balaban J connectivity index is 1.19. The molecule has 0 saturated carbocycles. The number of nitrogens with one attached hydrogen (secondary N) is 2. The molecule has 0 spiro atoms. The smallest absolute Gasteiger partial charge is 0.407 e. The van der Waals surface area contributed by atoms with Crippen LogP contribution < -0.4 is 10.6 Å². The lowest BCUT2D eigenvalue weighted by atomic mass is 9.98. The van der Waals surface area contributed by atoms with Crippen LogP contribution in [-0.2, 0) is 23.8 Å². The highest BCUT2D eigenvalue weighted by Gasteiger charge is 2.40. The lowest BCUT2D eigenvalue weighted by molar-refractivity contribution is -0.142. The predicted octanol–water partition coefficient (Wildman–Crippen LogP) is 1.90. The molecule has 9 heteroatoms. The van der Waals surface area contributed by atoms with Gasteiger partial charge in [0.1, 0.15) is 12.5 Å². The van der Waals surface area contributed by atoms with E-state index in [1.807, 2.05) is 36.4 Å². The molecular weight excluding hydrogens is 440 g/mol. The number of fused-ring (bicyclic) bond motifs is 3. The number of amides is 2. The van der Waals surface area contributed by atoms with Crippen molar-refractivity contribution >= 4 is 18.0 Å². The average Bonchev–Trinajstić information content (AvgIpc) is 3.55. The first-order valence-corrected chi connectivity index (χ1v) is 11.4. The van der Waals surface area contributed by atoms with Crippen LogP contribution in [0.1, 0.15) is 23.5 Å². The molecule has 2 amide bonds. The molecule has 34 heavy (non-hydrogen) atoms. The summed E-state index contributed by atoms with van der Waals surface area (Å²) in [4.78, 5) is 36.7. The number of hydrogen-bond acceptors (Lipinski definition) is 6. The highest BCUT2D eigenvalue weighted by atomic mass is 16.6. The summed E-state index contributed by atoms with van der Waals surface area (Å²) in [7, 11) is 0. The number of aliphatic carboxylic acids is 1. The Morgan fingerprint density at radius 1 is 0.941 bits per heavy atom. The van der Waals surface area contributed by atoms with Crippen LogP contribution in [-0.4, -0.2) is 67.7 Å². The molecule has 5 rings (SSSR count). The van der Waals surface area contributed by atoms with Crippen molar-refractivity contribution in [1.29, 1.82) is 0 Å². The van der Waals surface area contributed by atoms with Crippen LogP contribution in [0.4, 0.5) is 4.79 Å². The number of alkyl carbamates (subject to hydrolysis) is 1. The van der Waals surface area contributed by atoms with Gasteiger partial charge in [-0.1, -0.05) is 48.5 Å². The van der Waals surface area contributed by atoms with Gasteiger partial charge in [-0.25, -0.2) is 4.79 Å². The number of carbonyl (C=O) groups is 3. The molecule has 4 atom stereocenters. The first kappa shape index (κ1) is 22.4. The first-order valence-electron chi connectivity index (χ1n) is 11.4. The normalized spacial score (nSPS) is 25.4. The quantitative estimate of drug-likeness (QED) is 0.594. The fourth-order valence-corrected chi connectivity index (χ4v) is 4.99. The highest BCUT2D eigenvalue weighted by Crippen LogP contribution is 2.44. The summed E-state index contributed by atoms with van der Waals surface area (Å²) in [6.07, 6.45) is -1.09. The van der Waals surface area contributed by atoms with Crippen LogP contribution in [0.2, 0.25) is 0 Å². The molecule has 1 aliphatic carbocycles. The maximum Gasteiger partial charge on any atom is 0.407 e. The SMILES string of the molecule is O=C(NC1CCOC1C(=O)NC1COCC1C(=O)O)OCC1c2ccccc2-c2ccccc21. The zero-order valence-electron chi connectivity index (χ0n) is 18.4. The third-order valence-corrected chi connectivity index (χ3v) is 6.72. The van der Waals surface area contributed by atoms with E-state index in [2.05, 4.69) is 22.8 Å². The Labute approximate surface area is 196 Å². The van der Waals surface area contributed by atoms with Crippen LogP contribution in [0, 0.1) is 5.92 Å². The fourth-order valence-electron chi connectivity index (χ4n) is 4.99. The van der Waals surface area contributed by atoms with Gasteiger partial charge >= 0.3 is 12.1 Å². The summed E-state index contributed by atoms with van der Waals surface area (Å²) < 4.78 is 16.3. The highest BCUT2D eigenvalue weighted by molar-refractivity contribution is 5.84. The van der Waals surface area contributed by atoms with E-state index in [-0.39, 0.29) is 25.7 Å². The Morgan fingerprint density at radius 2 is 1.62 bits per heavy atom. The first-order chi connectivity index (χ1) is 16.5. The molecule has 3 aliphatic rings. The van der Waals surface area contributed by atoms with Crippen molar-refractivity contribution < 1.29 is 33.7 Å². The van der Waals surface area contributed by atoms with Crippen molar-refractivity contribution in [3.63, 3.8) is 0 Å². The van der Waals surface area contributed by atoms with Gasteiger partial charge < -0.3 is 30.0 Å². The zero-order chi connectivity index (χ0) is 23.7. The lowest BCUT2D eigenvalue weighted by Crippen LogP contribution is -2.52. The second-order valence-corrected chi connectivity index (χ2v) is 8.75. The van der Waals surface area contributed by atoms with E-state index >= 15 is 0 Å². The van der Waals surface area contributed by atoms with Crippen LogP contribution in [0.5, 0.6) is 0 Å². The van der Waals surface area contributed by atoms with Gasteiger partial charge in [0.25, 0.3) is 5.91 Å². The maximum absolute atomic E-state index is 12.7. The molecule has 2 aliphatic heterocycles. The minimum absolute atomic E-state index is 0.0488. The molecule has 9 nitrogen and oxygen atoms in total. The lowest BCUT2D eigenvalue weighted by Gasteiger charge is -2.23. The number of carbonyl (C=O) groups excluding carboxylic acids is 2. The van der Waals surface area contributed by atoms with Gasteiger partial charge in [-0.2, -0.15) is 0 Å². The van der Waals surface area contributed by atoms with Crippen molar-refractivity contribution in [3.8, 4) is 11.1 Å². The van der Waals surface area contributed by atoms with Crippen molar-refractivity contribution in [2.45, 2.75) is 30.5 Å². The molecule has 178 valence electrons. The van der Waals surface area contributed by atoms with Crippen molar-refractivity contribution in [2.24, 2.45) is 5.92 Å². The van der Waals surface area contributed by atoms with Crippen LogP contribution in [0.15, 0.2) is 48.5 Å². The summed E-state index contributed by atoms with van der Waals surface area (Å²) in [5.41, 5.74) is 4.52.